The van der Waals surface area contributed by atoms with Crippen molar-refractivity contribution in [2.24, 2.45) is 0 Å². The maximum absolute atomic E-state index is 6.68. The van der Waals surface area contributed by atoms with Crippen LogP contribution >= 0.6 is 0 Å². The van der Waals surface area contributed by atoms with Gasteiger partial charge in [-0.15, -0.1) is 0 Å². The van der Waals surface area contributed by atoms with E-state index in [9.17, 15) is 0 Å². The van der Waals surface area contributed by atoms with Crippen LogP contribution in [-0.2, 0) is 0 Å². The smallest absolute Gasteiger partial charge is 0.137 e. The Balaban J connectivity index is 1.24. The Morgan fingerprint density at radius 2 is 0.863 bits per heavy atom. The highest BCUT2D eigenvalue weighted by atomic mass is 16.3. The number of benzene rings is 8. The van der Waals surface area contributed by atoms with Gasteiger partial charge >= 0.3 is 0 Å². The molecular weight excluding hydrogens is 621 g/mol. The summed E-state index contributed by atoms with van der Waals surface area (Å²) in [6.45, 7) is 0. The van der Waals surface area contributed by atoms with Gasteiger partial charge in [0.2, 0.25) is 0 Å². The third-order valence-corrected chi connectivity index (χ3v) is 10.5. The van der Waals surface area contributed by atoms with E-state index in [1.54, 1.807) is 0 Å². The third kappa shape index (κ3) is 4.06. The molecule has 0 saturated heterocycles. The minimum Gasteiger partial charge on any atom is -0.456 e. The van der Waals surface area contributed by atoms with Crippen molar-refractivity contribution in [3.63, 3.8) is 0 Å². The number of para-hydroxylation sites is 3. The van der Waals surface area contributed by atoms with Gasteiger partial charge in [-0.3, -0.25) is 0 Å². The Labute approximate surface area is 293 Å². The van der Waals surface area contributed by atoms with Crippen LogP contribution in [-0.4, -0.2) is 9.13 Å². The van der Waals surface area contributed by atoms with E-state index in [4.69, 9.17) is 4.42 Å². The van der Waals surface area contributed by atoms with Gasteiger partial charge in [-0.05, 0) is 70.8 Å². The topological polar surface area (TPSA) is 23.0 Å². The lowest BCUT2D eigenvalue weighted by molar-refractivity contribution is 0.669. The first-order chi connectivity index (χ1) is 25.3. The zero-order chi connectivity index (χ0) is 33.5. The molecule has 0 unspecified atom stereocenters. The van der Waals surface area contributed by atoms with Gasteiger partial charge in [0.25, 0.3) is 0 Å². The van der Waals surface area contributed by atoms with Gasteiger partial charge in [-0.2, -0.15) is 0 Å². The van der Waals surface area contributed by atoms with Crippen LogP contribution in [0.5, 0.6) is 0 Å². The number of fused-ring (bicyclic) bond motifs is 9. The number of hydrogen-bond donors (Lipinski definition) is 0. The van der Waals surface area contributed by atoms with Crippen molar-refractivity contribution in [2.75, 3.05) is 0 Å². The standard InChI is InChI=1S/C48H30N2O/c1-2-14-31(15-3-1)33-16-4-5-17-34(33)39-21-12-26-45-47(39)48-43(25-13-27-46(48)51-45)50-42-24-11-8-20-37(42)38-29-28-32(30-44(38)50)49-40-22-9-6-18-35(40)36-19-7-10-23-41(36)49/h1-30H. The van der Waals surface area contributed by atoms with E-state index in [2.05, 4.69) is 191 Å². The van der Waals surface area contributed by atoms with Crippen molar-refractivity contribution >= 4 is 65.6 Å². The summed E-state index contributed by atoms with van der Waals surface area (Å²) in [5.41, 5.74) is 13.4. The van der Waals surface area contributed by atoms with E-state index in [1.165, 1.54) is 49.3 Å². The van der Waals surface area contributed by atoms with Gasteiger partial charge in [-0.25, -0.2) is 0 Å². The average molecular weight is 651 g/mol. The predicted molar refractivity (Wildman–Crippen MR) is 213 cm³/mol. The molecule has 0 aliphatic carbocycles. The lowest BCUT2D eigenvalue weighted by Crippen LogP contribution is -1.97. The quantitative estimate of drug-likeness (QED) is 0.186. The second kappa shape index (κ2) is 10.8. The summed E-state index contributed by atoms with van der Waals surface area (Å²) in [6, 6.07) is 65.4. The molecule has 11 rings (SSSR count). The van der Waals surface area contributed by atoms with Gasteiger partial charge in [0.15, 0.2) is 0 Å². The van der Waals surface area contributed by atoms with Gasteiger partial charge < -0.3 is 13.6 Å². The Morgan fingerprint density at radius 3 is 1.57 bits per heavy atom. The average Bonchev–Trinajstić information content (AvgIpc) is 3.86. The summed E-state index contributed by atoms with van der Waals surface area (Å²) in [7, 11) is 0. The van der Waals surface area contributed by atoms with Crippen LogP contribution in [0.25, 0.3) is 99.2 Å². The van der Waals surface area contributed by atoms with Gasteiger partial charge in [0.05, 0.1) is 33.1 Å². The minimum atomic E-state index is 0.872. The Bertz CT molecular complexity index is 3090. The molecule has 8 aromatic carbocycles. The highest BCUT2D eigenvalue weighted by molar-refractivity contribution is 6.19. The maximum Gasteiger partial charge on any atom is 0.137 e. The fourth-order valence-electron chi connectivity index (χ4n) is 8.40. The molecule has 0 aliphatic heterocycles. The molecule has 0 N–H and O–H groups in total. The van der Waals surface area contributed by atoms with Crippen molar-refractivity contribution in [2.45, 2.75) is 0 Å². The number of aromatic nitrogens is 2. The summed E-state index contributed by atoms with van der Waals surface area (Å²) in [4.78, 5) is 0. The van der Waals surface area contributed by atoms with Gasteiger partial charge in [0.1, 0.15) is 11.2 Å². The summed E-state index contributed by atoms with van der Waals surface area (Å²) >= 11 is 0. The monoisotopic (exact) mass is 650 g/mol. The fourth-order valence-corrected chi connectivity index (χ4v) is 8.40. The summed E-state index contributed by atoms with van der Waals surface area (Å²) in [5, 5.41) is 7.18. The Kier molecular flexibility index (Phi) is 5.96. The first-order valence-corrected chi connectivity index (χ1v) is 17.4. The SMILES string of the molecule is c1ccc(-c2ccccc2-c2cccc3oc4cccc(-n5c6ccccc6c6ccc(-n7c8ccccc8c8ccccc87)cc65)c4c23)cc1. The fraction of sp³-hybridized carbons (Fsp3) is 0. The van der Waals surface area contributed by atoms with Crippen LogP contribution < -0.4 is 0 Å². The first kappa shape index (κ1) is 28.0. The van der Waals surface area contributed by atoms with Crippen molar-refractivity contribution < 1.29 is 4.42 Å². The summed E-state index contributed by atoms with van der Waals surface area (Å²) < 4.78 is 11.5. The van der Waals surface area contributed by atoms with Crippen LogP contribution in [0.1, 0.15) is 0 Å². The molecule has 0 bridgehead atoms. The molecule has 238 valence electrons. The molecule has 3 nitrogen and oxygen atoms in total. The second-order valence-corrected chi connectivity index (χ2v) is 13.3. The Hall–Kier alpha value is -6.84. The molecule has 11 aromatic rings. The molecular formula is C48H30N2O. The maximum atomic E-state index is 6.68. The first-order valence-electron chi connectivity index (χ1n) is 17.4. The van der Waals surface area contributed by atoms with Crippen LogP contribution in [0.2, 0.25) is 0 Å². The number of rotatable bonds is 4. The minimum absolute atomic E-state index is 0.872. The third-order valence-electron chi connectivity index (χ3n) is 10.5. The van der Waals surface area contributed by atoms with Crippen molar-refractivity contribution in [1.82, 2.24) is 9.13 Å². The molecule has 0 saturated carbocycles. The Morgan fingerprint density at radius 1 is 0.333 bits per heavy atom. The highest BCUT2D eigenvalue weighted by Crippen LogP contribution is 2.44. The molecule has 0 aliphatic rings. The van der Waals surface area contributed by atoms with Crippen LogP contribution in [0.4, 0.5) is 0 Å². The van der Waals surface area contributed by atoms with Gasteiger partial charge in [0, 0.05) is 32.6 Å². The predicted octanol–water partition coefficient (Wildman–Crippen LogP) is 13.1. The second-order valence-electron chi connectivity index (χ2n) is 13.3. The molecule has 0 radical (unpaired) electrons. The van der Waals surface area contributed by atoms with Crippen LogP contribution in [0.15, 0.2) is 186 Å². The van der Waals surface area contributed by atoms with Crippen LogP contribution in [0.3, 0.4) is 0 Å². The van der Waals surface area contributed by atoms with Crippen molar-refractivity contribution in [3.8, 4) is 33.6 Å². The summed E-state index contributed by atoms with van der Waals surface area (Å²) in [5.74, 6) is 0. The van der Waals surface area contributed by atoms with E-state index in [0.717, 1.165) is 49.9 Å². The van der Waals surface area contributed by atoms with Crippen molar-refractivity contribution in [3.05, 3.63) is 182 Å². The number of furan rings is 1. The van der Waals surface area contributed by atoms with E-state index in [1.807, 2.05) is 0 Å². The number of hydrogen-bond acceptors (Lipinski definition) is 1. The molecule has 51 heavy (non-hydrogen) atoms. The lowest BCUT2D eigenvalue weighted by atomic mass is 9.92. The van der Waals surface area contributed by atoms with E-state index < -0.39 is 0 Å². The normalized spacial score (nSPS) is 11.9. The highest BCUT2D eigenvalue weighted by Gasteiger charge is 2.22. The summed E-state index contributed by atoms with van der Waals surface area (Å²) in [6.07, 6.45) is 0. The molecule has 0 atom stereocenters. The van der Waals surface area contributed by atoms with E-state index in [0.29, 0.717) is 0 Å². The molecule has 0 amide bonds. The largest absolute Gasteiger partial charge is 0.456 e. The molecule has 0 spiro atoms. The molecule has 3 heteroatoms. The zero-order valence-corrected chi connectivity index (χ0v) is 27.6. The van der Waals surface area contributed by atoms with Crippen molar-refractivity contribution in [1.29, 1.82) is 0 Å². The zero-order valence-electron chi connectivity index (χ0n) is 27.6. The van der Waals surface area contributed by atoms with Crippen LogP contribution in [0, 0.1) is 0 Å². The molecule has 3 heterocycles. The number of nitrogens with zero attached hydrogens (tertiary/aromatic N) is 2. The van der Waals surface area contributed by atoms with E-state index >= 15 is 0 Å². The lowest BCUT2D eigenvalue weighted by Gasteiger charge is -2.14. The molecule has 0 fully saturated rings. The molecule has 3 aromatic heterocycles. The van der Waals surface area contributed by atoms with Gasteiger partial charge in [-0.1, -0.05) is 133 Å². The van der Waals surface area contributed by atoms with E-state index in [-0.39, 0.29) is 0 Å².